The molecule has 0 heterocycles. The Hall–Kier alpha value is -1.58. The molecule has 4 nitrogen and oxygen atoms in total. The average molecular weight is 577 g/mol. The number of aliphatic carboxylic acids is 1. The Morgan fingerprint density at radius 2 is 0.951 bits per heavy atom. The number of carboxylic acids is 1. The quantitative estimate of drug-likeness (QED) is 0.0491. The number of carbonyl (C=O) groups is 2. The Kier molecular flexibility index (Phi) is 31.7. The molecule has 0 saturated heterocycles. The number of carboxylic acid groups (broad SMARTS) is 1. The zero-order chi connectivity index (χ0) is 30.1. The van der Waals surface area contributed by atoms with Crippen molar-refractivity contribution in [3.05, 3.63) is 24.3 Å². The number of allylic oxidation sites excluding steroid dienone is 4. The van der Waals surface area contributed by atoms with E-state index in [0.29, 0.717) is 12.8 Å². The molecule has 0 aromatic rings. The summed E-state index contributed by atoms with van der Waals surface area (Å²) >= 11 is 0. The number of hydrogen-bond donors (Lipinski definition) is 1. The molecule has 0 aliphatic rings. The fourth-order valence-electron chi connectivity index (χ4n) is 5.27. The van der Waals surface area contributed by atoms with Gasteiger partial charge in [-0.3, -0.25) is 9.59 Å². The van der Waals surface area contributed by atoms with Gasteiger partial charge in [0.05, 0.1) is 0 Å². The van der Waals surface area contributed by atoms with Crippen molar-refractivity contribution in [3.8, 4) is 0 Å². The molecule has 0 aliphatic heterocycles. The molecular weight excluding hydrogens is 508 g/mol. The van der Waals surface area contributed by atoms with Gasteiger partial charge in [-0.1, -0.05) is 134 Å². The lowest BCUT2D eigenvalue weighted by Gasteiger charge is -2.18. The molecule has 1 unspecified atom stereocenters. The molecule has 0 aromatic carbocycles. The number of hydrogen-bond acceptors (Lipinski definition) is 3. The van der Waals surface area contributed by atoms with Crippen LogP contribution in [0.4, 0.5) is 0 Å². The van der Waals surface area contributed by atoms with Crippen molar-refractivity contribution >= 4 is 11.9 Å². The maximum Gasteiger partial charge on any atom is 0.306 e. The van der Waals surface area contributed by atoms with E-state index in [1.165, 1.54) is 103 Å². The standard InChI is InChI=1S/C37H68O4/c1-3-5-7-8-9-10-11-12-13-14-15-16-17-18-23-26-30-34-37(40)41-35(31-27-6-4-2)32-28-24-21-19-20-22-25-29-33-36(38)39/h9-10,12-13,35H,3-8,11,14-34H2,1-2H3,(H,38,39)/b10-9-,13-12-. The molecule has 0 fully saturated rings. The van der Waals surface area contributed by atoms with E-state index in [1.807, 2.05) is 0 Å². The second-order valence-electron chi connectivity index (χ2n) is 12.1. The van der Waals surface area contributed by atoms with Crippen molar-refractivity contribution < 1.29 is 19.4 Å². The second-order valence-corrected chi connectivity index (χ2v) is 12.1. The highest BCUT2D eigenvalue weighted by Crippen LogP contribution is 2.18. The van der Waals surface area contributed by atoms with Gasteiger partial charge >= 0.3 is 11.9 Å². The Labute approximate surface area is 255 Å². The van der Waals surface area contributed by atoms with E-state index < -0.39 is 5.97 Å². The van der Waals surface area contributed by atoms with Gasteiger partial charge in [-0.05, 0) is 70.6 Å². The molecule has 0 spiro atoms. The van der Waals surface area contributed by atoms with Crippen molar-refractivity contribution in [2.45, 2.75) is 200 Å². The summed E-state index contributed by atoms with van der Waals surface area (Å²) in [6, 6.07) is 0. The van der Waals surface area contributed by atoms with Crippen LogP contribution in [-0.2, 0) is 14.3 Å². The van der Waals surface area contributed by atoms with E-state index in [-0.39, 0.29) is 12.1 Å². The first-order valence-corrected chi connectivity index (χ1v) is 17.8. The van der Waals surface area contributed by atoms with Crippen LogP contribution in [0.5, 0.6) is 0 Å². The minimum atomic E-state index is -0.684. The fourth-order valence-corrected chi connectivity index (χ4v) is 5.27. The molecule has 4 heteroatoms. The molecule has 0 radical (unpaired) electrons. The van der Waals surface area contributed by atoms with Crippen molar-refractivity contribution in [1.82, 2.24) is 0 Å². The lowest BCUT2D eigenvalue weighted by molar-refractivity contribution is -0.150. The average Bonchev–Trinajstić information content (AvgIpc) is 2.95. The van der Waals surface area contributed by atoms with Gasteiger partial charge in [-0.15, -0.1) is 0 Å². The van der Waals surface area contributed by atoms with Gasteiger partial charge in [-0.2, -0.15) is 0 Å². The van der Waals surface area contributed by atoms with Crippen LogP contribution in [0.1, 0.15) is 194 Å². The van der Waals surface area contributed by atoms with Crippen LogP contribution in [0, 0.1) is 0 Å². The summed E-state index contributed by atoms with van der Waals surface area (Å²) in [6.07, 6.45) is 40.7. The van der Waals surface area contributed by atoms with Crippen LogP contribution >= 0.6 is 0 Å². The predicted molar refractivity (Wildman–Crippen MR) is 176 cm³/mol. The Balaban J connectivity index is 3.75. The van der Waals surface area contributed by atoms with Gasteiger partial charge < -0.3 is 9.84 Å². The summed E-state index contributed by atoms with van der Waals surface area (Å²) in [6.45, 7) is 4.47. The van der Waals surface area contributed by atoms with E-state index in [1.54, 1.807) is 0 Å². The third-order valence-corrected chi connectivity index (χ3v) is 7.93. The molecule has 0 amide bonds. The van der Waals surface area contributed by atoms with Gasteiger partial charge in [0.15, 0.2) is 0 Å². The number of rotatable bonds is 32. The van der Waals surface area contributed by atoms with Crippen molar-refractivity contribution in [2.75, 3.05) is 0 Å². The highest BCUT2D eigenvalue weighted by atomic mass is 16.5. The van der Waals surface area contributed by atoms with Gasteiger partial charge in [0, 0.05) is 12.8 Å². The van der Waals surface area contributed by atoms with Gasteiger partial charge in [0.1, 0.15) is 6.10 Å². The largest absolute Gasteiger partial charge is 0.481 e. The highest BCUT2D eigenvalue weighted by Gasteiger charge is 2.14. The molecule has 1 N–H and O–H groups in total. The topological polar surface area (TPSA) is 63.6 Å². The SMILES string of the molecule is CCCCC/C=C\C/C=C\CCCCCCCCCC(=O)OC(CCCCC)CCCCCCCCCCC(=O)O. The highest BCUT2D eigenvalue weighted by molar-refractivity contribution is 5.69. The summed E-state index contributed by atoms with van der Waals surface area (Å²) in [5.74, 6) is -0.674. The van der Waals surface area contributed by atoms with Crippen LogP contribution in [-0.4, -0.2) is 23.1 Å². The molecular formula is C37H68O4. The van der Waals surface area contributed by atoms with E-state index in [2.05, 4.69) is 38.2 Å². The zero-order valence-electron chi connectivity index (χ0n) is 27.4. The number of unbranched alkanes of at least 4 members (excludes halogenated alkanes) is 19. The van der Waals surface area contributed by atoms with E-state index in [9.17, 15) is 9.59 Å². The van der Waals surface area contributed by atoms with Gasteiger partial charge in [-0.25, -0.2) is 0 Å². The molecule has 41 heavy (non-hydrogen) atoms. The fraction of sp³-hybridized carbons (Fsp3) is 0.838. The van der Waals surface area contributed by atoms with Crippen molar-refractivity contribution in [2.24, 2.45) is 0 Å². The monoisotopic (exact) mass is 577 g/mol. The van der Waals surface area contributed by atoms with E-state index in [4.69, 9.17) is 9.84 Å². The van der Waals surface area contributed by atoms with Gasteiger partial charge in [0.25, 0.3) is 0 Å². The summed E-state index contributed by atoms with van der Waals surface area (Å²) in [5, 5.41) is 8.69. The maximum atomic E-state index is 12.5. The molecule has 0 bridgehead atoms. The third-order valence-electron chi connectivity index (χ3n) is 7.93. The summed E-state index contributed by atoms with van der Waals surface area (Å²) in [5.41, 5.74) is 0. The number of esters is 1. The Bertz CT molecular complexity index is 624. The van der Waals surface area contributed by atoms with E-state index in [0.717, 1.165) is 64.2 Å². The first-order valence-electron chi connectivity index (χ1n) is 17.8. The number of carbonyl (C=O) groups excluding carboxylic acids is 1. The first-order chi connectivity index (χ1) is 20.1. The second kappa shape index (κ2) is 32.9. The van der Waals surface area contributed by atoms with Crippen LogP contribution in [0.25, 0.3) is 0 Å². The summed E-state index contributed by atoms with van der Waals surface area (Å²) in [7, 11) is 0. The minimum absolute atomic E-state index is 0.00968. The van der Waals surface area contributed by atoms with Crippen LogP contribution < -0.4 is 0 Å². The molecule has 0 saturated carbocycles. The van der Waals surface area contributed by atoms with Crippen LogP contribution in [0.3, 0.4) is 0 Å². The summed E-state index contributed by atoms with van der Waals surface area (Å²) < 4.78 is 5.92. The minimum Gasteiger partial charge on any atom is -0.481 e. The lowest BCUT2D eigenvalue weighted by Crippen LogP contribution is -2.18. The van der Waals surface area contributed by atoms with Crippen LogP contribution in [0.15, 0.2) is 24.3 Å². The predicted octanol–water partition coefficient (Wildman–Crippen LogP) is 12.1. The summed E-state index contributed by atoms with van der Waals surface area (Å²) in [4.78, 5) is 23.0. The normalized spacial score (nSPS) is 12.4. The van der Waals surface area contributed by atoms with Crippen molar-refractivity contribution in [3.63, 3.8) is 0 Å². The molecule has 0 aromatic heterocycles. The third kappa shape index (κ3) is 32.8. The Morgan fingerprint density at radius 1 is 0.537 bits per heavy atom. The lowest BCUT2D eigenvalue weighted by atomic mass is 10.0. The molecule has 0 rings (SSSR count). The van der Waals surface area contributed by atoms with Crippen LogP contribution in [0.2, 0.25) is 0 Å². The smallest absolute Gasteiger partial charge is 0.306 e. The zero-order valence-corrected chi connectivity index (χ0v) is 27.4. The maximum absolute atomic E-state index is 12.5. The van der Waals surface area contributed by atoms with Crippen molar-refractivity contribution in [1.29, 1.82) is 0 Å². The molecule has 240 valence electrons. The molecule has 0 aliphatic carbocycles. The Morgan fingerprint density at radius 3 is 1.49 bits per heavy atom. The van der Waals surface area contributed by atoms with E-state index >= 15 is 0 Å². The van der Waals surface area contributed by atoms with Gasteiger partial charge in [0.2, 0.25) is 0 Å². The molecule has 1 atom stereocenters. The number of ether oxygens (including phenoxy) is 1. The first kappa shape index (κ1) is 39.4.